The Hall–Kier alpha value is -0.590. The molecular formula is C12H16Br2N2O2. The van der Waals surface area contributed by atoms with Gasteiger partial charge in [-0.25, -0.2) is 0 Å². The van der Waals surface area contributed by atoms with Crippen LogP contribution in [-0.2, 0) is 11.3 Å². The second kappa shape index (κ2) is 7.11. The molecule has 0 spiro atoms. The number of hydrogen-bond donors (Lipinski definition) is 2. The summed E-state index contributed by atoms with van der Waals surface area (Å²) in [5.41, 5.74) is 0.985. The molecule has 0 heterocycles. The van der Waals surface area contributed by atoms with Crippen molar-refractivity contribution in [1.82, 2.24) is 10.2 Å². The fraction of sp³-hybridized carbons (Fsp3) is 0.417. The topological polar surface area (TPSA) is 52.6 Å². The van der Waals surface area contributed by atoms with Crippen molar-refractivity contribution in [2.45, 2.75) is 13.5 Å². The van der Waals surface area contributed by atoms with Crippen LogP contribution < -0.4 is 5.32 Å². The standard InChI is InChI=1S/C12H16Br2N2O2/c1-3-16(2)11(17)7-15-6-8-4-9(13)12(18)10(14)5-8/h4-5,15,18H,3,6-7H2,1-2H3. The van der Waals surface area contributed by atoms with Gasteiger partial charge in [0, 0.05) is 20.1 Å². The van der Waals surface area contributed by atoms with Crippen LogP contribution >= 0.6 is 31.9 Å². The highest BCUT2D eigenvalue weighted by atomic mass is 79.9. The number of halogens is 2. The first-order valence-electron chi connectivity index (χ1n) is 5.57. The Morgan fingerprint density at radius 3 is 2.44 bits per heavy atom. The van der Waals surface area contributed by atoms with Gasteiger partial charge in [-0.3, -0.25) is 4.79 Å². The van der Waals surface area contributed by atoms with Crippen LogP contribution in [0.25, 0.3) is 0 Å². The van der Waals surface area contributed by atoms with Gasteiger partial charge in [-0.15, -0.1) is 0 Å². The van der Waals surface area contributed by atoms with Gasteiger partial charge in [-0.2, -0.15) is 0 Å². The summed E-state index contributed by atoms with van der Waals surface area (Å²) in [6.45, 7) is 3.52. The van der Waals surface area contributed by atoms with E-state index in [9.17, 15) is 9.90 Å². The smallest absolute Gasteiger partial charge is 0.236 e. The van der Waals surface area contributed by atoms with E-state index in [0.717, 1.165) is 5.56 Å². The van der Waals surface area contributed by atoms with Gasteiger partial charge >= 0.3 is 0 Å². The van der Waals surface area contributed by atoms with E-state index in [1.807, 2.05) is 19.1 Å². The lowest BCUT2D eigenvalue weighted by molar-refractivity contribution is -0.128. The number of carbonyl (C=O) groups excluding carboxylic acids is 1. The minimum Gasteiger partial charge on any atom is -0.506 e. The highest BCUT2D eigenvalue weighted by Gasteiger charge is 2.08. The first-order valence-corrected chi connectivity index (χ1v) is 7.15. The fourth-order valence-corrected chi connectivity index (χ4v) is 2.63. The van der Waals surface area contributed by atoms with Crippen molar-refractivity contribution in [1.29, 1.82) is 0 Å². The number of phenolic OH excluding ortho intramolecular Hbond substituents is 1. The van der Waals surface area contributed by atoms with Gasteiger partial charge in [-0.05, 0) is 56.5 Å². The van der Waals surface area contributed by atoms with Gasteiger partial charge in [0.15, 0.2) is 0 Å². The zero-order valence-corrected chi connectivity index (χ0v) is 13.5. The van der Waals surface area contributed by atoms with Crippen molar-refractivity contribution >= 4 is 37.8 Å². The minimum absolute atomic E-state index is 0.0643. The van der Waals surface area contributed by atoms with E-state index in [2.05, 4.69) is 37.2 Å². The number of likely N-dealkylation sites (N-methyl/N-ethyl adjacent to an activating group) is 1. The molecule has 0 aliphatic heterocycles. The summed E-state index contributed by atoms with van der Waals surface area (Å²) in [6, 6.07) is 3.64. The lowest BCUT2D eigenvalue weighted by atomic mass is 10.2. The van der Waals surface area contributed by atoms with Crippen LogP contribution in [0.5, 0.6) is 5.75 Å². The number of carbonyl (C=O) groups is 1. The molecule has 0 saturated heterocycles. The summed E-state index contributed by atoms with van der Waals surface area (Å²) in [5.74, 6) is 0.245. The summed E-state index contributed by atoms with van der Waals surface area (Å²) in [5, 5.41) is 12.7. The number of benzene rings is 1. The molecule has 0 saturated carbocycles. The highest BCUT2D eigenvalue weighted by molar-refractivity contribution is 9.11. The van der Waals surface area contributed by atoms with Gasteiger partial charge in [0.05, 0.1) is 15.5 Å². The second-order valence-electron chi connectivity index (χ2n) is 3.92. The summed E-state index contributed by atoms with van der Waals surface area (Å²) < 4.78 is 1.26. The maximum atomic E-state index is 11.6. The summed E-state index contributed by atoms with van der Waals surface area (Å²) >= 11 is 6.54. The van der Waals surface area contributed by atoms with Crippen LogP contribution in [0.2, 0.25) is 0 Å². The molecule has 0 aliphatic carbocycles. The number of hydrogen-bond acceptors (Lipinski definition) is 3. The average molecular weight is 380 g/mol. The molecule has 1 aromatic rings. The molecule has 1 amide bonds. The molecule has 0 aromatic heterocycles. The van der Waals surface area contributed by atoms with E-state index in [0.29, 0.717) is 28.6 Å². The van der Waals surface area contributed by atoms with Crippen molar-refractivity contribution in [3.05, 3.63) is 26.6 Å². The van der Waals surface area contributed by atoms with Crippen LogP contribution in [0, 0.1) is 0 Å². The lowest BCUT2D eigenvalue weighted by Crippen LogP contribution is -2.35. The predicted octanol–water partition coefficient (Wildman–Crippen LogP) is 2.49. The molecule has 100 valence electrons. The zero-order chi connectivity index (χ0) is 13.7. The van der Waals surface area contributed by atoms with E-state index in [-0.39, 0.29) is 11.7 Å². The van der Waals surface area contributed by atoms with Gasteiger partial charge < -0.3 is 15.3 Å². The number of aromatic hydroxyl groups is 1. The first-order chi connectivity index (χ1) is 8.45. The third-order valence-electron chi connectivity index (χ3n) is 2.58. The van der Waals surface area contributed by atoms with Gasteiger partial charge in [0.25, 0.3) is 0 Å². The molecule has 1 rings (SSSR count). The summed E-state index contributed by atoms with van der Waals surface area (Å²) in [7, 11) is 1.78. The Labute approximate surface area is 124 Å². The third-order valence-corrected chi connectivity index (χ3v) is 3.79. The molecule has 0 unspecified atom stereocenters. The van der Waals surface area contributed by atoms with E-state index < -0.39 is 0 Å². The Kier molecular flexibility index (Phi) is 6.11. The number of nitrogens with zero attached hydrogens (tertiary/aromatic N) is 1. The lowest BCUT2D eigenvalue weighted by Gasteiger charge is -2.15. The van der Waals surface area contributed by atoms with Crippen molar-refractivity contribution in [2.75, 3.05) is 20.1 Å². The SMILES string of the molecule is CCN(C)C(=O)CNCc1cc(Br)c(O)c(Br)c1. The Balaban J connectivity index is 2.52. The monoisotopic (exact) mass is 378 g/mol. The molecule has 4 nitrogen and oxygen atoms in total. The molecule has 0 aliphatic rings. The molecule has 0 fully saturated rings. The van der Waals surface area contributed by atoms with Gasteiger partial charge in [-0.1, -0.05) is 0 Å². The van der Waals surface area contributed by atoms with E-state index in [4.69, 9.17) is 0 Å². The van der Waals surface area contributed by atoms with Gasteiger partial charge in [0.1, 0.15) is 5.75 Å². The Morgan fingerprint density at radius 1 is 1.39 bits per heavy atom. The fourth-order valence-electron chi connectivity index (χ4n) is 1.35. The van der Waals surface area contributed by atoms with Crippen molar-refractivity contribution in [2.24, 2.45) is 0 Å². The zero-order valence-electron chi connectivity index (χ0n) is 10.3. The van der Waals surface area contributed by atoms with E-state index >= 15 is 0 Å². The van der Waals surface area contributed by atoms with Crippen LogP contribution in [0.4, 0.5) is 0 Å². The molecule has 6 heteroatoms. The second-order valence-corrected chi connectivity index (χ2v) is 5.63. The number of rotatable bonds is 5. The third kappa shape index (κ3) is 4.26. The summed E-state index contributed by atoms with van der Waals surface area (Å²) in [4.78, 5) is 13.2. The Bertz CT molecular complexity index is 415. The van der Waals surface area contributed by atoms with Crippen LogP contribution in [0.1, 0.15) is 12.5 Å². The van der Waals surface area contributed by atoms with E-state index in [1.54, 1.807) is 11.9 Å². The van der Waals surface area contributed by atoms with E-state index in [1.165, 1.54) is 0 Å². The molecule has 1 aromatic carbocycles. The molecule has 18 heavy (non-hydrogen) atoms. The molecular weight excluding hydrogens is 364 g/mol. The van der Waals surface area contributed by atoms with Gasteiger partial charge in [0.2, 0.25) is 5.91 Å². The predicted molar refractivity (Wildman–Crippen MR) is 78.5 cm³/mol. The molecule has 0 radical (unpaired) electrons. The number of amides is 1. The van der Waals surface area contributed by atoms with Crippen molar-refractivity contribution < 1.29 is 9.90 Å². The molecule has 0 atom stereocenters. The summed E-state index contributed by atoms with van der Waals surface area (Å²) in [6.07, 6.45) is 0. The largest absolute Gasteiger partial charge is 0.506 e. The van der Waals surface area contributed by atoms with Crippen molar-refractivity contribution in [3.8, 4) is 5.75 Å². The molecule has 0 bridgehead atoms. The maximum absolute atomic E-state index is 11.6. The first kappa shape index (κ1) is 15.5. The van der Waals surface area contributed by atoms with Crippen LogP contribution in [0.3, 0.4) is 0 Å². The quantitative estimate of drug-likeness (QED) is 0.826. The van der Waals surface area contributed by atoms with Crippen LogP contribution in [-0.4, -0.2) is 36.1 Å². The molecule has 2 N–H and O–H groups in total. The van der Waals surface area contributed by atoms with Crippen molar-refractivity contribution in [3.63, 3.8) is 0 Å². The Morgan fingerprint density at radius 2 is 1.94 bits per heavy atom. The van der Waals surface area contributed by atoms with Crippen LogP contribution in [0.15, 0.2) is 21.1 Å². The average Bonchev–Trinajstić information content (AvgIpc) is 2.34. The normalized spacial score (nSPS) is 10.4. The maximum Gasteiger partial charge on any atom is 0.236 e. The highest BCUT2D eigenvalue weighted by Crippen LogP contribution is 2.33. The number of phenols is 1. The minimum atomic E-state index is 0.0643. The number of nitrogens with one attached hydrogen (secondary N) is 1.